The highest BCUT2D eigenvalue weighted by Gasteiger charge is 2.21. The van der Waals surface area contributed by atoms with Gasteiger partial charge in [-0.2, -0.15) is 0 Å². The predicted octanol–water partition coefficient (Wildman–Crippen LogP) is 5.66. The lowest BCUT2D eigenvalue weighted by molar-refractivity contribution is -0.129. The first-order valence-electron chi connectivity index (χ1n) is 13.3. The minimum absolute atomic E-state index is 0.320. The zero-order valence-corrected chi connectivity index (χ0v) is 21.3. The van der Waals surface area contributed by atoms with Crippen molar-refractivity contribution in [3.8, 4) is 5.75 Å². The molecule has 0 aliphatic carbocycles. The summed E-state index contributed by atoms with van der Waals surface area (Å²) >= 11 is 0. The van der Waals surface area contributed by atoms with Gasteiger partial charge in [-0.1, -0.05) is 54.6 Å². The summed E-state index contributed by atoms with van der Waals surface area (Å²) in [6.07, 6.45) is 4.25. The maximum Gasteiger partial charge on any atom is 0.249 e. The first-order chi connectivity index (χ1) is 18.2. The van der Waals surface area contributed by atoms with Crippen molar-refractivity contribution in [1.82, 2.24) is 9.80 Å². The fourth-order valence-corrected chi connectivity index (χ4v) is 5.27. The van der Waals surface area contributed by atoms with Crippen LogP contribution in [0, 0.1) is 0 Å². The lowest BCUT2D eigenvalue weighted by atomic mass is 9.88. The van der Waals surface area contributed by atoms with Crippen molar-refractivity contribution in [2.75, 3.05) is 52.5 Å². The SMILES string of the molecule is O=C(C=C(F)c1ccccc1OCCCN1CCC(c2ccc3ccccc3c2)CC1)N1CCOCC1. The minimum Gasteiger partial charge on any atom is -0.493 e. The van der Waals surface area contributed by atoms with Crippen LogP contribution >= 0.6 is 0 Å². The van der Waals surface area contributed by atoms with Crippen LogP contribution in [0.3, 0.4) is 0 Å². The molecular formula is C31H35FN2O3. The Morgan fingerprint density at radius 3 is 2.49 bits per heavy atom. The topological polar surface area (TPSA) is 42.0 Å². The van der Waals surface area contributed by atoms with E-state index in [2.05, 4.69) is 47.4 Å². The largest absolute Gasteiger partial charge is 0.493 e. The van der Waals surface area contributed by atoms with E-state index in [4.69, 9.17) is 9.47 Å². The Bertz CT molecular complexity index is 1230. The van der Waals surface area contributed by atoms with Crippen molar-refractivity contribution in [2.45, 2.75) is 25.2 Å². The van der Waals surface area contributed by atoms with Crippen LogP contribution in [0.25, 0.3) is 16.6 Å². The quantitative estimate of drug-likeness (QED) is 0.295. The summed E-state index contributed by atoms with van der Waals surface area (Å²) in [5.41, 5.74) is 1.76. The molecule has 0 radical (unpaired) electrons. The second kappa shape index (κ2) is 12.3. The maximum atomic E-state index is 15.0. The van der Waals surface area contributed by atoms with Crippen molar-refractivity contribution in [3.05, 3.63) is 83.9 Å². The molecule has 37 heavy (non-hydrogen) atoms. The van der Waals surface area contributed by atoms with E-state index in [9.17, 15) is 9.18 Å². The van der Waals surface area contributed by atoms with Gasteiger partial charge in [-0.05, 0) is 66.7 Å². The van der Waals surface area contributed by atoms with Crippen LogP contribution in [0.15, 0.2) is 72.8 Å². The molecule has 5 nitrogen and oxygen atoms in total. The summed E-state index contributed by atoms with van der Waals surface area (Å²) in [4.78, 5) is 16.5. The van der Waals surface area contributed by atoms with Gasteiger partial charge >= 0.3 is 0 Å². The zero-order chi connectivity index (χ0) is 25.5. The van der Waals surface area contributed by atoms with Gasteiger partial charge in [0.05, 0.1) is 25.4 Å². The average Bonchev–Trinajstić information content (AvgIpc) is 2.96. The summed E-state index contributed by atoms with van der Waals surface area (Å²) in [5, 5.41) is 2.61. The van der Waals surface area contributed by atoms with Crippen LogP contribution in [0.1, 0.15) is 36.3 Å². The summed E-state index contributed by atoms with van der Waals surface area (Å²) in [6, 6.07) is 22.4. The van der Waals surface area contributed by atoms with Gasteiger partial charge in [0.15, 0.2) is 0 Å². The van der Waals surface area contributed by atoms with Crippen molar-refractivity contribution < 1.29 is 18.7 Å². The Labute approximate surface area is 218 Å². The van der Waals surface area contributed by atoms with E-state index in [0.717, 1.165) is 45.0 Å². The smallest absolute Gasteiger partial charge is 0.249 e. The molecule has 194 valence electrons. The Morgan fingerprint density at radius 1 is 0.946 bits per heavy atom. The number of nitrogens with zero attached hydrogens (tertiary/aromatic N) is 2. The molecular weight excluding hydrogens is 467 g/mol. The van der Waals surface area contributed by atoms with E-state index < -0.39 is 5.83 Å². The molecule has 0 atom stereocenters. The first kappa shape index (κ1) is 25.4. The predicted molar refractivity (Wildman–Crippen MR) is 145 cm³/mol. The molecule has 5 rings (SSSR count). The van der Waals surface area contributed by atoms with Gasteiger partial charge in [0, 0.05) is 25.7 Å². The number of hydrogen-bond donors (Lipinski definition) is 0. The zero-order valence-electron chi connectivity index (χ0n) is 21.3. The number of carbonyl (C=O) groups is 1. The standard InChI is InChI=1S/C31H35FN2O3/c32-29(23-31(35)34-17-20-36-21-18-34)28-8-3-4-9-30(28)37-19-5-14-33-15-12-25(13-16-33)27-11-10-24-6-1-2-7-26(24)22-27/h1-4,6-11,22-23,25H,5,12-21H2. The highest BCUT2D eigenvalue weighted by Crippen LogP contribution is 2.31. The molecule has 2 fully saturated rings. The van der Waals surface area contributed by atoms with E-state index >= 15 is 0 Å². The Hall–Kier alpha value is -3.22. The molecule has 0 aromatic heterocycles. The monoisotopic (exact) mass is 502 g/mol. The van der Waals surface area contributed by atoms with Crippen molar-refractivity contribution in [2.24, 2.45) is 0 Å². The fourth-order valence-electron chi connectivity index (χ4n) is 5.27. The first-order valence-corrected chi connectivity index (χ1v) is 13.3. The number of piperidine rings is 1. The fraction of sp³-hybridized carbons (Fsp3) is 0.387. The summed E-state index contributed by atoms with van der Waals surface area (Å²) in [5.74, 6) is 0.186. The van der Waals surface area contributed by atoms with Crippen molar-refractivity contribution >= 4 is 22.5 Å². The molecule has 0 N–H and O–H groups in total. The van der Waals surface area contributed by atoms with Crippen molar-refractivity contribution in [1.29, 1.82) is 0 Å². The molecule has 3 aromatic carbocycles. The van der Waals surface area contributed by atoms with E-state index in [1.807, 2.05) is 6.07 Å². The van der Waals surface area contributed by atoms with Gasteiger partial charge in [0.1, 0.15) is 11.6 Å². The number of ether oxygens (including phenoxy) is 2. The summed E-state index contributed by atoms with van der Waals surface area (Å²) in [6.45, 7) is 5.57. The van der Waals surface area contributed by atoms with Crippen LogP contribution in [0.4, 0.5) is 4.39 Å². The van der Waals surface area contributed by atoms with Crippen LogP contribution in [0.5, 0.6) is 5.75 Å². The molecule has 3 aromatic rings. The lowest BCUT2D eigenvalue weighted by Crippen LogP contribution is -2.39. The van der Waals surface area contributed by atoms with Gasteiger partial charge in [-0.25, -0.2) is 4.39 Å². The Kier molecular flexibility index (Phi) is 8.49. The number of rotatable bonds is 8. The van der Waals surface area contributed by atoms with Gasteiger partial charge in [0.2, 0.25) is 5.91 Å². The second-order valence-corrected chi connectivity index (χ2v) is 9.85. The normalized spacial score (nSPS) is 17.8. The van der Waals surface area contributed by atoms with Gasteiger partial charge in [-0.3, -0.25) is 4.79 Å². The molecule has 6 heteroatoms. The second-order valence-electron chi connectivity index (χ2n) is 9.85. The summed E-state index contributed by atoms with van der Waals surface area (Å²) < 4.78 is 26.2. The molecule has 0 bridgehead atoms. The number of carbonyl (C=O) groups excluding carboxylic acids is 1. The van der Waals surface area contributed by atoms with E-state index in [1.165, 1.54) is 16.3 Å². The number of fused-ring (bicyclic) bond motifs is 1. The van der Waals surface area contributed by atoms with Crippen LogP contribution in [-0.2, 0) is 9.53 Å². The third-order valence-corrected chi connectivity index (χ3v) is 7.43. The number of halogens is 1. The molecule has 1 amide bonds. The van der Waals surface area contributed by atoms with Crippen molar-refractivity contribution in [3.63, 3.8) is 0 Å². The molecule has 2 aliphatic heterocycles. The number of para-hydroxylation sites is 1. The maximum absolute atomic E-state index is 15.0. The van der Waals surface area contributed by atoms with Crippen LogP contribution < -0.4 is 4.74 Å². The van der Waals surface area contributed by atoms with Gasteiger partial charge < -0.3 is 19.3 Å². The summed E-state index contributed by atoms with van der Waals surface area (Å²) in [7, 11) is 0. The molecule has 0 unspecified atom stereocenters. The Morgan fingerprint density at radius 2 is 1.68 bits per heavy atom. The van der Waals surface area contributed by atoms with Gasteiger partial charge in [-0.15, -0.1) is 0 Å². The Balaban J connectivity index is 1.08. The number of hydrogen-bond acceptors (Lipinski definition) is 4. The molecule has 0 saturated carbocycles. The molecule has 2 aliphatic rings. The molecule has 0 spiro atoms. The van der Waals surface area contributed by atoms with E-state index in [1.54, 1.807) is 23.1 Å². The number of morpholine rings is 1. The molecule has 2 saturated heterocycles. The van der Waals surface area contributed by atoms with E-state index in [0.29, 0.717) is 50.1 Å². The number of benzene rings is 3. The molecule has 2 heterocycles. The third-order valence-electron chi connectivity index (χ3n) is 7.43. The van der Waals surface area contributed by atoms with Gasteiger partial charge in [0.25, 0.3) is 0 Å². The van der Waals surface area contributed by atoms with Crippen LogP contribution in [0.2, 0.25) is 0 Å². The number of likely N-dealkylation sites (tertiary alicyclic amines) is 1. The van der Waals surface area contributed by atoms with Crippen LogP contribution in [-0.4, -0.2) is 68.3 Å². The number of amides is 1. The average molecular weight is 503 g/mol. The minimum atomic E-state index is -0.567. The lowest BCUT2D eigenvalue weighted by Gasteiger charge is -2.32. The highest BCUT2D eigenvalue weighted by atomic mass is 19.1. The van der Waals surface area contributed by atoms with E-state index in [-0.39, 0.29) is 5.91 Å². The highest BCUT2D eigenvalue weighted by molar-refractivity contribution is 5.94. The third kappa shape index (κ3) is 6.56.